The number of aliphatic hydroxyl groups is 1. The molecule has 0 saturated carbocycles. The van der Waals surface area contributed by atoms with Crippen LogP contribution in [0.4, 0.5) is 0 Å². The summed E-state index contributed by atoms with van der Waals surface area (Å²) in [5.74, 6) is -1.35. The Hall–Kier alpha value is -0.690. The van der Waals surface area contributed by atoms with E-state index in [9.17, 15) is 9.90 Å². The van der Waals surface area contributed by atoms with Gasteiger partial charge in [-0.05, 0) is 40.0 Å². The monoisotopic (exact) mass is 304 g/mol. The molecule has 0 aromatic heterocycles. The first-order valence-electron chi connectivity index (χ1n) is 7.39. The number of ether oxygens (including phenoxy) is 4. The molecular formula is C15H28O6. The lowest BCUT2D eigenvalue weighted by molar-refractivity contribution is -0.168. The first-order chi connectivity index (χ1) is 9.66. The topological polar surface area (TPSA) is 74.2 Å². The minimum absolute atomic E-state index is 0.0712. The van der Waals surface area contributed by atoms with E-state index in [1.807, 2.05) is 34.6 Å². The number of aliphatic hydroxyl groups excluding tert-OH is 1. The number of esters is 1. The highest BCUT2D eigenvalue weighted by Gasteiger charge is 2.38. The molecule has 21 heavy (non-hydrogen) atoms. The molecule has 1 N–H and O–H groups in total. The molecule has 1 saturated heterocycles. The first kappa shape index (κ1) is 18.4. The van der Waals surface area contributed by atoms with E-state index in [0.29, 0.717) is 13.0 Å². The summed E-state index contributed by atoms with van der Waals surface area (Å²) in [7, 11) is 1.25. The Labute approximate surface area is 126 Å². The first-order valence-corrected chi connectivity index (χ1v) is 7.39. The van der Waals surface area contributed by atoms with Crippen molar-refractivity contribution in [2.24, 2.45) is 5.92 Å². The highest BCUT2D eigenvalue weighted by molar-refractivity contribution is 5.75. The van der Waals surface area contributed by atoms with Gasteiger partial charge in [0, 0.05) is 0 Å². The van der Waals surface area contributed by atoms with Crippen molar-refractivity contribution >= 4 is 5.97 Å². The zero-order chi connectivity index (χ0) is 16.2. The summed E-state index contributed by atoms with van der Waals surface area (Å²) in [6.45, 7) is 9.88. The van der Waals surface area contributed by atoms with Gasteiger partial charge in [0.15, 0.2) is 11.9 Å². The lowest BCUT2D eigenvalue weighted by Gasteiger charge is -2.30. The number of rotatable bonds is 7. The molecule has 1 aliphatic rings. The second kappa shape index (κ2) is 7.54. The van der Waals surface area contributed by atoms with Gasteiger partial charge < -0.3 is 24.1 Å². The zero-order valence-corrected chi connectivity index (χ0v) is 13.8. The molecular weight excluding hydrogens is 276 g/mol. The van der Waals surface area contributed by atoms with Crippen LogP contribution >= 0.6 is 0 Å². The van der Waals surface area contributed by atoms with E-state index >= 15 is 0 Å². The number of carbonyl (C=O) groups excluding carboxylic acids is 1. The minimum atomic E-state index is -1.30. The van der Waals surface area contributed by atoms with Crippen molar-refractivity contribution in [3.05, 3.63) is 0 Å². The van der Waals surface area contributed by atoms with Crippen LogP contribution in [-0.4, -0.2) is 55.0 Å². The van der Waals surface area contributed by atoms with Crippen molar-refractivity contribution in [2.75, 3.05) is 13.7 Å². The van der Waals surface area contributed by atoms with Gasteiger partial charge in [-0.15, -0.1) is 0 Å². The van der Waals surface area contributed by atoms with Gasteiger partial charge in [-0.2, -0.15) is 0 Å². The maximum absolute atomic E-state index is 11.6. The number of carbonyl (C=O) groups is 1. The van der Waals surface area contributed by atoms with Crippen LogP contribution in [0.3, 0.4) is 0 Å². The van der Waals surface area contributed by atoms with Gasteiger partial charge in [-0.25, -0.2) is 4.79 Å². The molecule has 124 valence electrons. The van der Waals surface area contributed by atoms with Crippen molar-refractivity contribution < 1.29 is 28.8 Å². The number of methoxy groups -OCH3 is 1. The smallest absolute Gasteiger partial charge is 0.337 e. The molecule has 1 rings (SSSR count). The van der Waals surface area contributed by atoms with Crippen LogP contribution in [0.15, 0.2) is 0 Å². The van der Waals surface area contributed by atoms with Gasteiger partial charge in [-0.3, -0.25) is 0 Å². The largest absolute Gasteiger partial charge is 0.467 e. The van der Waals surface area contributed by atoms with Crippen molar-refractivity contribution in [3.8, 4) is 0 Å². The maximum atomic E-state index is 11.6. The Kier molecular flexibility index (Phi) is 6.59. The summed E-state index contributed by atoms with van der Waals surface area (Å²) in [6.07, 6.45) is -1.48. The summed E-state index contributed by atoms with van der Waals surface area (Å²) in [6, 6.07) is 0. The Morgan fingerprint density at radius 3 is 2.43 bits per heavy atom. The maximum Gasteiger partial charge on any atom is 0.337 e. The van der Waals surface area contributed by atoms with Crippen LogP contribution in [0.25, 0.3) is 0 Å². The number of hydrogen-bond donors (Lipinski definition) is 1. The molecule has 0 unspecified atom stereocenters. The SMILES string of the molecule is COC(=O)[C@H](O)[C@@H](OC(C)C)[C@H](C)C[C@@H]1COC(C)(C)O1. The van der Waals surface area contributed by atoms with E-state index in [2.05, 4.69) is 4.74 Å². The van der Waals surface area contributed by atoms with E-state index in [4.69, 9.17) is 14.2 Å². The molecule has 1 fully saturated rings. The second-order valence-electron chi connectivity index (χ2n) is 6.28. The van der Waals surface area contributed by atoms with Crippen LogP contribution in [0, 0.1) is 5.92 Å². The van der Waals surface area contributed by atoms with Gasteiger partial charge in [-0.1, -0.05) is 6.92 Å². The van der Waals surface area contributed by atoms with Gasteiger partial charge in [0.05, 0.1) is 32.0 Å². The Bertz CT molecular complexity index is 341. The summed E-state index contributed by atoms with van der Waals surface area (Å²) in [5.41, 5.74) is 0. The molecule has 6 nitrogen and oxygen atoms in total. The molecule has 4 atom stereocenters. The Morgan fingerprint density at radius 2 is 2.00 bits per heavy atom. The van der Waals surface area contributed by atoms with Crippen LogP contribution in [-0.2, 0) is 23.7 Å². The third kappa shape index (κ3) is 5.54. The van der Waals surface area contributed by atoms with E-state index in [-0.39, 0.29) is 18.1 Å². The normalized spacial score (nSPS) is 25.6. The fourth-order valence-corrected chi connectivity index (χ4v) is 2.52. The Balaban J connectivity index is 2.67. The fraction of sp³-hybridized carbons (Fsp3) is 0.933. The molecule has 1 heterocycles. The summed E-state index contributed by atoms with van der Waals surface area (Å²) in [5, 5.41) is 10.1. The zero-order valence-electron chi connectivity index (χ0n) is 13.8. The van der Waals surface area contributed by atoms with E-state index in [1.54, 1.807) is 0 Å². The predicted octanol–water partition coefficient (Wildman–Crippen LogP) is 1.49. The molecule has 0 spiro atoms. The molecule has 0 radical (unpaired) electrons. The van der Waals surface area contributed by atoms with Crippen molar-refractivity contribution in [1.29, 1.82) is 0 Å². The van der Waals surface area contributed by atoms with Crippen molar-refractivity contribution in [2.45, 2.75) is 71.2 Å². The third-order valence-corrected chi connectivity index (χ3v) is 3.45. The summed E-state index contributed by atoms with van der Waals surface area (Å²) >= 11 is 0. The van der Waals surface area contributed by atoms with E-state index in [1.165, 1.54) is 7.11 Å². The highest BCUT2D eigenvalue weighted by Crippen LogP contribution is 2.29. The van der Waals surface area contributed by atoms with Gasteiger partial charge >= 0.3 is 5.97 Å². The molecule has 1 aliphatic heterocycles. The average molecular weight is 304 g/mol. The van der Waals surface area contributed by atoms with E-state index in [0.717, 1.165) is 0 Å². The fourth-order valence-electron chi connectivity index (χ4n) is 2.52. The van der Waals surface area contributed by atoms with Gasteiger partial charge in [0.25, 0.3) is 0 Å². The third-order valence-electron chi connectivity index (χ3n) is 3.45. The quantitative estimate of drug-likeness (QED) is 0.718. The molecule has 6 heteroatoms. The molecule has 0 bridgehead atoms. The lowest BCUT2D eigenvalue weighted by atomic mass is 9.93. The standard InChI is InChI=1S/C15H28O6/c1-9(2)20-13(12(16)14(17)18-6)10(3)7-11-8-19-15(4,5)21-11/h9-13,16H,7-8H2,1-6H3/t10-,11-,12-,13+/m1/s1. The van der Waals surface area contributed by atoms with Gasteiger partial charge in [0.1, 0.15) is 0 Å². The van der Waals surface area contributed by atoms with Crippen LogP contribution in [0.1, 0.15) is 41.0 Å². The summed E-state index contributed by atoms with van der Waals surface area (Å²) in [4.78, 5) is 11.6. The second-order valence-corrected chi connectivity index (χ2v) is 6.28. The molecule has 0 amide bonds. The predicted molar refractivity (Wildman–Crippen MR) is 76.7 cm³/mol. The number of hydrogen-bond acceptors (Lipinski definition) is 6. The van der Waals surface area contributed by atoms with Crippen LogP contribution in [0.2, 0.25) is 0 Å². The highest BCUT2D eigenvalue weighted by atomic mass is 16.7. The van der Waals surface area contributed by atoms with Crippen LogP contribution < -0.4 is 0 Å². The Morgan fingerprint density at radius 1 is 1.38 bits per heavy atom. The average Bonchev–Trinajstić information content (AvgIpc) is 2.73. The van der Waals surface area contributed by atoms with Crippen molar-refractivity contribution in [3.63, 3.8) is 0 Å². The summed E-state index contributed by atoms with van der Waals surface area (Å²) < 4.78 is 21.6. The lowest BCUT2D eigenvalue weighted by Crippen LogP contribution is -2.43. The van der Waals surface area contributed by atoms with Crippen LogP contribution in [0.5, 0.6) is 0 Å². The van der Waals surface area contributed by atoms with E-state index < -0.39 is 24.0 Å². The van der Waals surface area contributed by atoms with Gasteiger partial charge in [0.2, 0.25) is 0 Å². The molecule has 0 aliphatic carbocycles. The van der Waals surface area contributed by atoms with Crippen molar-refractivity contribution in [1.82, 2.24) is 0 Å². The minimum Gasteiger partial charge on any atom is -0.467 e. The molecule has 0 aromatic carbocycles. The molecule has 0 aromatic rings.